The van der Waals surface area contributed by atoms with Crippen LogP contribution in [-0.2, 0) is 14.3 Å². The summed E-state index contributed by atoms with van der Waals surface area (Å²) >= 11 is 1.39. The van der Waals surface area contributed by atoms with Crippen molar-refractivity contribution in [2.24, 2.45) is 10.9 Å². The minimum Gasteiger partial charge on any atom is -0.466 e. The number of nitrogens with zero attached hydrogens (tertiary/aromatic N) is 2. The summed E-state index contributed by atoms with van der Waals surface area (Å²) in [6.45, 7) is 2.43. The van der Waals surface area contributed by atoms with E-state index in [1.54, 1.807) is 19.1 Å². The van der Waals surface area contributed by atoms with E-state index in [0.717, 1.165) is 18.5 Å². The summed E-state index contributed by atoms with van der Waals surface area (Å²) in [4.78, 5) is 31.4. The van der Waals surface area contributed by atoms with Crippen LogP contribution in [0, 0.1) is 11.7 Å². The third kappa shape index (κ3) is 4.07. The molecular formula is C21H22FN3O3S. The molecule has 0 bridgehead atoms. The molecule has 1 fully saturated rings. The van der Waals surface area contributed by atoms with Crippen molar-refractivity contribution in [2.75, 3.05) is 13.7 Å². The van der Waals surface area contributed by atoms with Crippen LogP contribution >= 0.6 is 11.8 Å². The lowest BCUT2D eigenvalue weighted by molar-refractivity contribution is -0.136. The van der Waals surface area contributed by atoms with Crippen molar-refractivity contribution in [3.8, 4) is 0 Å². The second-order valence-electron chi connectivity index (χ2n) is 7.36. The molecule has 0 radical (unpaired) electrons. The molecule has 1 aromatic rings. The molecular weight excluding hydrogens is 393 g/mol. The van der Waals surface area contributed by atoms with Gasteiger partial charge in [0.1, 0.15) is 5.82 Å². The highest BCUT2D eigenvalue weighted by Gasteiger charge is 2.41. The van der Waals surface area contributed by atoms with Gasteiger partial charge in [-0.15, -0.1) is 0 Å². The summed E-state index contributed by atoms with van der Waals surface area (Å²) < 4.78 is 19.0. The van der Waals surface area contributed by atoms with Gasteiger partial charge >= 0.3 is 5.97 Å². The molecule has 1 atom stereocenters. The highest BCUT2D eigenvalue weighted by atomic mass is 32.2. The van der Waals surface area contributed by atoms with Crippen LogP contribution in [0.4, 0.5) is 4.39 Å². The van der Waals surface area contributed by atoms with Gasteiger partial charge in [0.05, 0.1) is 30.8 Å². The minimum absolute atomic E-state index is 0.0751. The monoisotopic (exact) mass is 415 g/mol. The summed E-state index contributed by atoms with van der Waals surface area (Å²) in [5, 5.41) is 5.50. The Morgan fingerprint density at radius 3 is 2.86 bits per heavy atom. The first-order chi connectivity index (χ1) is 14.0. The SMILES string of the molecule is COC(=O)C1=C(C)N=C2SC=C(CC(=O)NCC3CC3)N2[C@H]1c1cccc(F)c1. The number of aliphatic imine (C=N–C) groups is 1. The number of benzene rings is 1. The highest BCUT2D eigenvalue weighted by Crippen LogP contribution is 2.44. The first kappa shape index (κ1) is 19.7. The van der Waals surface area contributed by atoms with E-state index < -0.39 is 17.8 Å². The second kappa shape index (κ2) is 8.02. The summed E-state index contributed by atoms with van der Waals surface area (Å²) in [7, 11) is 1.31. The molecule has 0 aromatic heterocycles. The standard InChI is InChI=1S/C21H22FN3O3S/c1-12-18(20(27)28-2)19(14-4-3-5-15(22)8-14)25-16(11-29-21(25)24-12)9-17(26)23-10-13-6-7-13/h3-5,8,11,13,19H,6-7,9-10H2,1-2H3,(H,23,26)/t19-/m0/s1. The zero-order valence-electron chi connectivity index (χ0n) is 16.3. The average molecular weight is 415 g/mol. The maximum absolute atomic E-state index is 14.0. The molecule has 29 heavy (non-hydrogen) atoms. The molecule has 6 nitrogen and oxygen atoms in total. The molecule has 0 saturated heterocycles. The minimum atomic E-state index is -0.608. The molecule has 4 rings (SSSR count). The Labute approximate surface area is 172 Å². The van der Waals surface area contributed by atoms with Gasteiger partial charge in [-0.3, -0.25) is 4.79 Å². The number of carbonyl (C=O) groups is 2. The van der Waals surface area contributed by atoms with Gasteiger partial charge in [-0.2, -0.15) is 0 Å². The number of allylic oxidation sites excluding steroid dienone is 1. The molecule has 3 aliphatic rings. The predicted octanol–water partition coefficient (Wildman–Crippen LogP) is 3.49. The van der Waals surface area contributed by atoms with E-state index in [1.807, 2.05) is 10.3 Å². The van der Waals surface area contributed by atoms with Crippen LogP contribution in [-0.4, -0.2) is 35.6 Å². The summed E-state index contributed by atoms with van der Waals surface area (Å²) in [5.74, 6) is -0.398. The van der Waals surface area contributed by atoms with E-state index >= 15 is 0 Å². The van der Waals surface area contributed by atoms with Crippen LogP contribution in [0.25, 0.3) is 0 Å². The maximum atomic E-state index is 14.0. The van der Waals surface area contributed by atoms with Crippen molar-refractivity contribution >= 4 is 28.8 Å². The number of ether oxygens (including phenoxy) is 1. The number of fused-ring (bicyclic) bond motifs is 1. The van der Waals surface area contributed by atoms with Crippen molar-refractivity contribution < 1.29 is 18.7 Å². The van der Waals surface area contributed by atoms with Crippen LogP contribution in [0.5, 0.6) is 0 Å². The number of esters is 1. The van der Waals surface area contributed by atoms with Crippen molar-refractivity contribution in [1.82, 2.24) is 10.2 Å². The molecule has 1 amide bonds. The van der Waals surface area contributed by atoms with Gasteiger partial charge < -0.3 is 15.0 Å². The largest absolute Gasteiger partial charge is 0.466 e. The van der Waals surface area contributed by atoms with E-state index in [0.29, 0.717) is 34.5 Å². The lowest BCUT2D eigenvalue weighted by Crippen LogP contribution is -2.38. The van der Waals surface area contributed by atoms with Crippen molar-refractivity contribution in [1.29, 1.82) is 0 Å². The van der Waals surface area contributed by atoms with Crippen molar-refractivity contribution in [2.45, 2.75) is 32.2 Å². The molecule has 0 unspecified atom stereocenters. The number of amides is 1. The van der Waals surface area contributed by atoms with E-state index in [4.69, 9.17) is 4.74 Å². The number of methoxy groups -OCH3 is 1. The Morgan fingerprint density at radius 2 is 2.17 bits per heavy atom. The Morgan fingerprint density at radius 1 is 1.38 bits per heavy atom. The van der Waals surface area contributed by atoms with E-state index in [-0.39, 0.29) is 12.3 Å². The number of rotatable bonds is 6. The van der Waals surface area contributed by atoms with Crippen LogP contribution < -0.4 is 5.32 Å². The highest BCUT2D eigenvalue weighted by molar-refractivity contribution is 8.16. The smallest absolute Gasteiger partial charge is 0.338 e. The first-order valence-corrected chi connectivity index (χ1v) is 10.4. The quantitative estimate of drug-likeness (QED) is 0.721. The third-order valence-corrected chi connectivity index (χ3v) is 6.09. The molecule has 2 heterocycles. The molecule has 2 aliphatic heterocycles. The number of hydrogen-bond acceptors (Lipinski definition) is 6. The van der Waals surface area contributed by atoms with Crippen LogP contribution in [0.3, 0.4) is 0 Å². The Kier molecular flexibility index (Phi) is 5.45. The maximum Gasteiger partial charge on any atom is 0.338 e. The lowest BCUT2D eigenvalue weighted by Gasteiger charge is -2.36. The van der Waals surface area contributed by atoms with Gasteiger partial charge in [-0.1, -0.05) is 23.9 Å². The fraction of sp³-hybridized carbons (Fsp3) is 0.381. The van der Waals surface area contributed by atoms with Gasteiger partial charge in [0.15, 0.2) is 5.17 Å². The second-order valence-corrected chi connectivity index (χ2v) is 8.20. The average Bonchev–Trinajstić information content (AvgIpc) is 3.46. The Bertz CT molecular complexity index is 952. The summed E-state index contributed by atoms with van der Waals surface area (Å²) in [6.07, 6.45) is 2.49. The predicted molar refractivity (Wildman–Crippen MR) is 109 cm³/mol. The van der Waals surface area contributed by atoms with E-state index in [2.05, 4.69) is 10.3 Å². The number of halogens is 1. The number of hydrogen-bond donors (Lipinski definition) is 1. The zero-order valence-corrected chi connectivity index (χ0v) is 17.1. The fourth-order valence-corrected chi connectivity index (χ4v) is 4.50. The van der Waals surface area contributed by atoms with Gasteiger partial charge in [0.2, 0.25) is 5.91 Å². The van der Waals surface area contributed by atoms with Gasteiger partial charge in [0, 0.05) is 12.2 Å². The summed E-state index contributed by atoms with van der Waals surface area (Å²) in [6, 6.07) is 5.52. The van der Waals surface area contributed by atoms with E-state index in [1.165, 1.54) is 31.0 Å². The number of thioether (sulfide) groups is 1. The number of carbonyl (C=O) groups excluding carboxylic acids is 2. The molecule has 1 aromatic carbocycles. The van der Waals surface area contributed by atoms with Crippen LogP contribution in [0.2, 0.25) is 0 Å². The lowest BCUT2D eigenvalue weighted by atomic mass is 9.94. The van der Waals surface area contributed by atoms with Crippen molar-refractivity contribution in [3.63, 3.8) is 0 Å². The Balaban J connectivity index is 1.67. The van der Waals surface area contributed by atoms with E-state index in [9.17, 15) is 14.0 Å². The molecule has 8 heteroatoms. The summed E-state index contributed by atoms with van der Waals surface area (Å²) in [5.41, 5.74) is 2.19. The zero-order chi connectivity index (χ0) is 20.5. The number of nitrogens with one attached hydrogen (secondary N) is 1. The molecule has 0 spiro atoms. The molecule has 152 valence electrons. The fourth-order valence-electron chi connectivity index (χ4n) is 3.54. The van der Waals surface area contributed by atoms with Gasteiger partial charge in [0.25, 0.3) is 0 Å². The first-order valence-electron chi connectivity index (χ1n) is 9.52. The topological polar surface area (TPSA) is 71.0 Å². The third-order valence-electron chi connectivity index (χ3n) is 5.20. The Hall–Kier alpha value is -2.61. The van der Waals surface area contributed by atoms with Crippen molar-refractivity contribution in [3.05, 3.63) is 58.0 Å². The van der Waals surface area contributed by atoms with Gasteiger partial charge in [-0.05, 0) is 48.8 Å². The van der Waals surface area contributed by atoms with Crippen LogP contribution in [0.1, 0.15) is 37.8 Å². The number of amidine groups is 1. The molecule has 1 N–H and O–H groups in total. The van der Waals surface area contributed by atoms with Crippen LogP contribution in [0.15, 0.2) is 51.6 Å². The normalized spacial score (nSPS) is 20.8. The molecule has 1 aliphatic carbocycles. The van der Waals surface area contributed by atoms with Gasteiger partial charge in [-0.25, -0.2) is 14.2 Å². The molecule has 1 saturated carbocycles.